The molecule has 0 spiro atoms. The van der Waals surface area contributed by atoms with Gasteiger partial charge in [0.1, 0.15) is 5.65 Å². The van der Waals surface area contributed by atoms with Crippen LogP contribution >= 0.6 is 23.2 Å². The van der Waals surface area contributed by atoms with Crippen LogP contribution in [-0.4, -0.2) is 66.4 Å². The van der Waals surface area contributed by atoms with Crippen LogP contribution in [0.3, 0.4) is 0 Å². The molecule has 182 valence electrons. The third-order valence-electron chi connectivity index (χ3n) is 6.35. The molecule has 3 aromatic heterocycles. The maximum absolute atomic E-state index is 13.4. The second-order valence-corrected chi connectivity index (χ2v) is 9.82. The SMILES string of the molecule is CN(C)C[C@H](c1ccc(Cl)c(Cl)c1)n1ccc(-c2c[nH]c3ncc(N4CCOCC4)cc23)cc1=O. The Bertz CT molecular complexity index is 1410. The maximum atomic E-state index is 13.4. The highest BCUT2D eigenvalue weighted by molar-refractivity contribution is 6.42. The molecule has 5 rings (SSSR count). The number of nitrogens with one attached hydrogen (secondary N) is 1. The molecule has 4 aromatic rings. The van der Waals surface area contributed by atoms with Crippen LogP contribution in [-0.2, 0) is 4.74 Å². The number of halogens is 2. The van der Waals surface area contributed by atoms with Crippen LogP contribution in [0.2, 0.25) is 10.0 Å². The van der Waals surface area contributed by atoms with Gasteiger partial charge in [0.15, 0.2) is 0 Å². The fourth-order valence-corrected chi connectivity index (χ4v) is 4.87. The van der Waals surface area contributed by atoms with Crippen LogP contribution in [0.4, 0.5) is 5.69 Å². The molecule has 0 saturated carbocycles. The number of H-pyrrole nitrogens is 1. The van der Waals surface area contributed by atoms with Crippen molar-refractivity contribution >= 4 is 39.9 Å². The summed E-state index contributed by atoms with van der Waals surface area (Å²) in [6.45, 7) is 3.74. The quantitative estimate of drug-likeness (QED) is 0.406. The molecule has 0 aliphatic carbocycles. The number of likely N-dealkylation sites (N-methyl/N-ethyl adjacent to an activating group) is 1. The monoisotopic (exact) mass is 511 g/mol. The largest absolute Gasteiger partial charge is 0.378 e. The molecule has 4 heterocycles. The zero-order chi connectivity index (χ0) is 24.5. The molecule has 1 fully saturated rings. The highest BCUT2D eigenvalue weighted by atomic mass is 35.5. The first-order chi connectivity index (χ1) is 16.9. The van der Waals surface area contributed by atoms with Crippen molar-refractivity contribution in [2.45, 2.75) is 6.04 Å². The van der Waals surface area contributed by atoms with Gasteiger partial charge in [-0.3, -0.25) is 4.79 Å². The summed E-state index contributed by atoms with van der Waals surface area (Å²) in [4.78, 5) is 25.5. The van der Waals surface area contributed by atoms with Crippen molar-refractivity contribution in [3.05, 3.63) is 81.0 Å². The smallest absolute Gasteiger partial charge is 0.251 e. The van der Waals surface area contributed by atoms with Gasteiger partial charge >= 0.3 is 0 Å². The normalized spacial score (nSPS) is 15.2. The van der Waals surface area contributed by atoms with E-state index in [1.165, 1.54) is 0 Å². The number of aromatic amines is 1. The van der Waals surface area contributed by atoms with E-state index in [9.17, 15) is 4.79 Å². The molecule has 35 heavy (non-hydrogen) atoms. The standard InChI is InChI=1S/C26H27Cl2N5O2/c1-31(2)16-24(18-3-4-22(27)23(28)11-18)33-6-5-17(12-25(33)34)21-15-30-26-20(21)13-19(14-29-26)32-7-9-35-10-8-32/h3-6,11-15,24H,7-10,16H2,1-2H3,(H,29,30)/t24-/m1/s1. The van der Waals surface area contributed by atoms with Crippen molar-refractivity contribution in [2.24, 2.45) is 0 Å². The lowest BCUT2D eigenvalue weighted by Crippen LogP contribution is -2.36. The van der Waals surface area contributed by atoms with Gasteiger partial charge in [-0.05, 0) is 49.5 Å². The summed E-state index contributed by atoms with van der Waals surface area (Å²) < 4.78 is 7.22. The highest BCUT2D eigenvalue weighted by Crippen LogP contribution is 2.31. The molecular formula is C26H27Cl2N5O2. The van der Waals surface area contributed by atoms with E-state index in [4.69, 9.17) is 27.9 Å². The predicted molar refractivity (Wildman–Crippen MR) is 142 cm³/mol. The Hall–Kier alpha value is -2.84. The molecule has 1 aliphatic heterocycles. The van der Waals surface area contributed by atoms with Gasteiger partial charge in [-0.15, -0.1) is 0 Å². The van der Waals surface area contributed by atoms with Gasteiger partial charge < -0.3 is 24.1 Å². The molecule has 0 bridgehead atoms. The van der Waals surface area contributed by atoms with E-state index < -0.39 is 0 Å². The molecule has 1 saturated heterocycles. The topological polar surface area (TPSA) is 66.4 Å². The van der Waals surface area contributed by atoms with E-state index in [0.29, 0.717) is 29.8 Å². The molecule has 7 nitrogen and oxygen atoms in total. The first kappa shape index (κ1) is 23.9. The summed E-state index contributed by atoms with van der Waals surface area (Å²) in [7, 11) is 3.96. The first-order valence-electron chi connectivity index (χ1n) is 11.5. The third kappa shape index (κ3) is 4.95. The first-order valence-corrected chi connectivity index (χ1v) is 12.3. The molecule has 0 unspecified atom stereocenters. The van der Waals surface area contributed by atoms with Gasteiger partial charge in [-0.25, -0.2) is 4.98 Å². The fraction of sp³-hybridized carbons (Fsp3) is 0.308. The zero-order valence-corrected chi connectivity index (χ0v) is 21.2. The van der Waals surface area contributed by atoms with E-state index in [2.05, 4.69) is 20.9 Å². The van der Waals surface area contributed by atoms with Crippen molar-refractivity contribution in [2.75, 3.05) is 51.8 Å². The minimum atomic E-state index is -0.209. The van der Waals surface area contributed by atoms with Gasteiger partial charge in [0.25, 0.3) is 5.56 Å². The molecular weight excluding hydrogens is 485 g/mol. The van der Waals surface area contributed by atoms with E-state index in [1.54, 1.807) is 16.7 Å². The molecule has 0 amide bonds. The number of fused-ring (bicyclic) bond motifs is 1. The zero-order valence-electron chi connectivity index (χ0n) is 19.7. The van der Waals surface area contributed by atoms with Crippen LogP contribution in [0.25, 0.3) is 22.2 Å². The van der Waals surface area contributed by atoms with Gasteiger partial charge in [0.2, 0.25) is 0 Å². The lowest BCUT2D eigenvalue weighted by Gasteiger charge is -2.28. The summed E-state index contributed by atoms with van der Waals surface area (Å²) in [5, 5.41) is 1.95. The van der Waals surface area contributed by atoms with Crippen LogP contribution in [0.15, 0.2) is 59.8 Å². The summed E-state index contributed by atoms with van der Waals surface area (Å²) in [6.07, 6.45) is 5.65. The highest BCUT2D eigenvalue weighted by Gasteiger charge is 2.19. The van der Waals surface area contributed by atoms with Crippen molar-refractivity contribution in [1.29, 1.82) is 0 Å². The van der Waals surface area contributed by atoms with Crippen molar-refractivity contribution in [1.82, 2.24) is 19.4 Å². The predicted octanol–water partition coefficient (Wildman–Crippen LogP) is 4.69. The van der Waals surface area contributed by atoms with E-state index >= 15 is 0 Å². The number of nitrogens with zero attached hydrogens (tertiary/aromatic N) is 4. The van der Waals surface area contributed by atoms with E-state index in [1.807, 2.05) is 55.8 Å². The number of aromatic nitrogens is 3. The van der Waals surface area contributed by atoms with Gasteiger partial charge in [-0.1, -0.05) is 29.3 Å². The Morgan fingerprint density at radius 3 is 2.63 bits per heavy atom. The maximum Gasteiger partial charge on any atom is 0.251 e. The number of benzene rings is 1. The molecule has 0 radical (unpaired) electrons. The van der Waals surface area contributed by atoms with Crippen LogP contribution in [0, 0.1) is 0 Å². The molecule has 1 atom stereocenters. The lowest BCUT2D eigenvalue weighted by molar-refractivity contribution is 0.122. The number of hydrogen-bond donors (Lipinski definition) is 1. The van der Waals surface area contributed by atoms with E-state index in [-0.39, 0.29) is 11.6 Å². The third-order valence-corrected chi connectivity index (χ3v) is 7.09. The van der Waals surface area contributed by atoms with Gasteiger partial charge in [-0.2, -0.15) is 0 Å². The molecule has 1 N–H and O–H groups in total. The van der Waals surface area contributed by atoms with E-state index in [0.717, 1.165) is 46.5 Å². The van der Waals surface area contributed by atoms with Crippen molar-refractivity contribution in [3.63, 3.8) is 0 Å². The number of anilines is 1. The summed E-state index contributed by atoms with van der Waals surface area (Å²) in [5.41, 5.74) is 4.48. The van der Waals surface area contributed by atoms with Gasteiger partial charge in [0, 0.05) is 49.0 Å². The summed E-state index contributed by atoms with van der Waals surface area (Å²) >= 11 is 12.4. The molecule has 1 aliphatic rings. The minimum Gasteiger partial charge on any atom is -0.378 e. The number of rotatable bonds is 6. The average Bonchev–Trinajstić information content (AvgIpc) is 3.28. The Labute approximate surface area is 213 Å². The fourth-order valence-electron chi connectivity index (χ4n) is 4.56. The molecule has 9 heteroatoms. The second kappa shape index (κ2) is 10.0. The summed E-state index contributed by atoms with van der Waals surface area (Å²) in [5.74, 6) is 0. The van der Waals surface area contributed by atoms with Gasteiger partial charge in [0.05, 0.1) is 41.2 Å². The summed E-state index contributed by atoms with van der Waals surface area (Å²) in [6, 6.07) is 11.1. The Balaban J connectivity index is 1.52. The van der Waals surface area contributed by atoms with Crippen LogP contribution in [0.5, 0.6) is 0 Å². The molecule has 1 aromatic carbocycles. The Kier molecular flexibility index (Phi) is 6.84. The number of ether oxygens (including phenoxy) is 1. The average molecular weight is 512 g/mol. The number of morpholine rings is 1. The van der Waals surface area contributed by atoms with Crippen molar-refractivity contribution < 1.29 is 4.74 Å². The number of hydrogen-bond acceptors (Lipinski definition) is 5. The second-order valence-electron chi connectivity index (χ2n) is 9.00. The Morgan fingerprint density at radius 2 is 1.91 bits per heavy atom. The lowest BCUT2D eigenvalue weighted by atomic mass is 10.0. The van der Waals surface area contributed by atoms with Crippen molar-refractivity contribution in [3.8, 4) is 11.1 Å². The number of pyridine rings is 2. The minimum absolute atomic E-state index is 0.0907. The van der Waals surface area contributed by atoms with Crippen LogP contribution in [0.1, 0.15) is 11.6 Å². The Morgan fingerprint density at radius 1 is 1.11 bits per heavy atom. The van der Waals surface area contributed by atoms with Crippen LogP contribution < -0.4 is 10.5 Å².